The summed E-state index contributed by atoms with van der Waals surface area (Å²) >= 11 is 5.62. The molecule has 1 aliphatic rings. The summed E-state index contributed by atoms with van der Waals surface area (Å²) in [5.41, 5.74) is 4.38. The molecule has 3 rings (SSSR count). The molecule has 0 aromatic heterocycles. The van der Waals surface area contributed by atoms with Gasteiger partial charge >= 0.3 is 5.97 Å². The second kappa shape index (κ2) is 8.00. The number of nitrogens with zero attached hydrogens (tertiary/aromatic N) is 2. The van der Waals surface area contributed by atoms with Gasteiger partial charge in [-0.15, -0.1) is 0 Å². The van der Waals surface area contributed by atoms with Crippen molar-refractivity contribution in [3.63, 3.8) is 0 Å². The molecule has 1 N–H and O–H groups in total. The average Bonchev–Trinajstić information content (AvgIpc) is 2.69. The SMILES string of the molecule is COC(=O)C1=C(C)N(c2cc(C)ccc2C)C(=S)N[C@H]1c1cccc([N+](=O)[O-])c1. The fraction of sp³-hybridized carbons (Fsp3) is 0.238. The van der Waals surface area contributed by atoms with Crippen LogP contribution in [0.5, 0.6) is 0 Å². The minimum Gasteiger partial charge on any atom is -0.466 e. The maximum absolute atomic E-state index is 12.7. The molecule has 1 atom stereocenters. The fourth-order valence-corrected chi connectivity index (χ4v) is 3.79. The third-order valence-corrected chi connectivity index (χ3v) is 5.21. The summed E-state index contributed by atoms with van der Waals surface area (Å²) in [7, 11) is 1.31. The van der Waals surface area contributed by atoms with Crippen molar-refractivity contribution in [2.24, 2.45) is 0 Å². The van der Waals surface area contributed by atoms with Crippen LogP contribution in [0.25, 0.3) is 0 Å². The van der Waals surface area contributed by atoms with Crippen molar-refractivity contribution < 1.29 is 14.5 Å². The summed E-state index contributed by atoms with van der Waals surface area (Å²) in [5, 5.41) is 14.8. The highest BCUT2D eigenvalue weighted by atomic mass is 32.1. The number of benzene rings is 2. The first-order valence-electron chi connectivity index (χ1n) is 8.96. The number of non-ortho nitro benzene ring substituents is 1. The number of methoxy groups -OCH3 is 1. The topological polar surface area (TPSA) is 84.7 Å². The summed E-state index contributed by atoms with van der Waals surface area (Å²) in [6.07, 6.45) is 0. The predicted molar refractivity (Wildman–Crippen MR) is 115 cm³/mol. The van der Waals surface area contributed by atoms with Crippen LogP contribution in [0, 0.1) is 24.0 Å². The molecular weight excluding hydrogens is 390 g/mol. The molecule has 0 fully saturated rings. The van der Waals surface area contributed by atoms with Crippen LogP contribution in [0.1, 0.15) is 29.7 Å². The van der Waals surface area contributed by atoms with Gasteiger partial charge in [0.05, 0.1) is 29.3 Å². The Hall–Kier alpha value is -3.26. The van der Waals surface area contributed by atoms with E-state index < -0.39 is 16.9 Å². The Morgan fingerprint density at radius 2 is 1.93 bits per heavy atom. The van der Waals surface area contributed by atoms with Gasteiger partial charge in [0, 0.05) is 17.8 Å². The number of carbonyl (C=O) groups excluding carboxylic acids is 1. The predicted octanol–water partition coefficient (Wildman–Crippen LogP) is 4.09. The monoisotopic (exact) mass is 411 g/mol. The number of hydrogen-bond donors (Lipinski definition) is 1. The lowest BCUT2D eigenvalue weighted by molar-refractivity contribution is -0.384. The van der Waals surface area contributed by atoms with Crippen LogP contribution in [-0.2, 0) is 9.53 Å². The molecule has 2 aromatic rings. The highest BCUT2D eigenvalue weighted by Gasteiger charge is 2.36. The number of thiocarbonyl (C=S) groups is 1. The molecular formula is C21H21N3O4S. The molecule has 0 unspecified atom stereocenters. The third-order valence-electron chi connectivity index (χ3n) is 4.91. The van der Waals surface area contributed by atoms with E-state index in [1.807, 2.05) is 32.0 Å². The molecule has 8 heteroatoms. The third kappa shape index (κ3) is 3.84. The van der Waals surface area contributed by atoms with Crippen LogP contribution in [0.3, 0.4) is 0 Å². The molecule has 0 saturated heterocycles. The number of hydrogen-bond acceptors (Lipinski definition) is 5. The number of rotatable bonds is 4. The normalized spacial score (nSPS) is 16.5. The number of nitro groups is 1. The van der Waals surface area contributed by atoms with Crippen LogP contribution in [-0.4, -0.2) is 23.1 Å². The number of allylic oxidation sites excluding steroid dienone is 1. The Bertz CT molecular complexity index is 1050. The molecule has 1 heterocycles. The van der Waals surface area contributed by atoms with Gasteiger partial charge in [0.25, 0.3) is 5.69 Å². The molecule has 7 nitrogen and oxygen atoms in total. The maximum Gasteiger partial charge on any atom is 0.337 e. The molecule has 1 aliphatic heterocycles. The van der Waals surface area contributed by atoms with E-state index in [1.165, 1.54) is 19.2 Å². The van der Waals surface area contributed by atoms with E-state index >= 15 is 0 Å². The standard InChI is InChI=1S/C21H21N3O4S/c1-12-8-9-13(2)17(10-12)23-14(3)18(20(25)28-4)19(22-21(23)29)15-6-5-7-16(11-15)24(26)27/h5-11,19H,1-4H3,(H,22,29)/t19-/m0/s1. The van der Waals surface area contributed by atoms with Crippen molar-refractivity contribution in [1.29, 1.82) is 0 Å². The van der Waals surface area contributed by atoms with Gasteiger partial charge in [0.2, 0.25) is 0 Å². The lowest BCUT2D eigenvalue weighted by Crippen LogP contribution is -2.48. The molecule has 2 aromatic carbocycles. The second-order valence-electron chi connectivity index (χ2n) is 6.85. The molecule has 0 saturated carbocycles. The average molecular weight is 411 g/mol. The summed E-state index contributed by atoms with van der Waals surface area (Å²) < 4.78 is 5.02. The highest BCUT2D eigenvalue weighted by Crippen LogP contribution is 2.36. The first-order chi connectivity index (χ1) is 13.7. The van der Waals surface area contributed by atoms with E-state index in [2.05, 4.69) is 5.32 Å². The number of anilines is 1. The van der Waals surface area contributed by atoms with Crippen molar-refractivity contribution in [1.82, 2.24) is 5.32 Å². The van der Waals surface area contributed by atoms with Gasteiger partial charge in [-0.05, 0) is 55.7 Å². The Morgan fingerprint density at radius 1 is 1.21 bits per heavy atom. The molecule has 29 heavy (non-hydrogen) atoms. The Labute approximate surface area is 174 Å². The van der Waals surface area contributed by atoms with Gasteiger partial charge in [-0.25, -0.2) is 4.79 Å². The molecule has 0 bridgehead atoms. The lowest BCUT2D eigenvalue weighted by Gasteiger charge is -2.38. The van der Waals surface area contributed by atoms with E-state index in [0.29, 0.717) is 21.9 Å². The number of esters is 1. The van der Waals surface area contributed by atoms with Crippen molar-refractivity contribution in [3.8, 4) is 0 Å². The fourth-order valence-electron chi connectivity index (χ4n) is 3.44. The highest BCUT2D eigenvalue weighted by molar-refractivity contribution is 7.80. The number of nitrogens with one attached hydrogen (secondary N) is 1. The van der Waals surface area contributed by atoms with E-state index in [0.717, 1.165) is 16.8 Å². The Morgan fingerprint density at radius 3 is 2.59 bits per heavy atom. The lowest BCUT2D eigenvalue weighted by atomic mass is 9.94. The largest absolute Gasteiger partial charge is 0.466 e. The van der Waals surface area contributed by atoms with Crippen LogP contribution >= 0.6 is 12.2 Å². The summed E-state index contributed by atoms with van der Waals surface area (Å²) in [6, 6.07) is 11.5. The second-order valence-corrected chi connectivity index (χ2v) is 7.24. The first kappa shape index (κ1) is 20.5. The van der Waals surface area contributed by atoms with Crippen LogP contribution in [0.15, 0.2) is 53.7 Å². The van der Waals surface area contributed by atoms with Gasteiger partial charge in [-0.2, -0.15) is 0 Å². The number of nitro benzene ring substituents is 1. The van der Waals surface area contributed by atoms with Crippen LogP contribution in [0.2, 0.25) is 0 Å². The summed E-state index contributed by atoms with van der Waals surface area (Å²) in [4.78, 5) is 25.2. The van der Waals surface area contributed by atoms with Crippen molar-refractivity contribution in [3.05, 3.63) is 80.5 Å². The molecule has 150 valence electrons. The van der Waals surface area contributed by atoms with E-state index in [1.54, 1.807) is 24.0 Å². The van der Waals surface area contributed by atoms with Gasteiger partial charge in [0.15, 0.2) is 5.11 Å². The minimum absolute atomic E-state index is 0.0611. The van der Waals surface area contributed by atoms with Crippen molar-refractivity contribution >= 4 is 34.7 Å². The summed E-state index contributed by atoms with van der Waals surface area (Å²) in [5.74, 6) is -0.524. The van der Waals surface area contributed by atoms with Gasteiger partial charge < -0.3 is 10.1 Å². The van der Waals surface area contributed by atoms with Gasteiger partial charge in [0.1, 0.15) is 0 Å². The van der Waals surface area contributed by atoms with E-state index in [-0.39, 0.29) is 5.69 Å². The number of ether oxygens (including phenoxy) is 1. The zero-order valence-electron chi connectivity index (χ0n) is 16.6. The van der Waals surface area contributed by atoms with E-state index in [9.17, 15) is 14.9 Å². The van der Waals surface area contributed by atoms with Crippen molar-refractivity contribution in [2.45, 2.75) is 26.8 Å². The zero-order valence-corrected chi connectivity index (χ0v) is 17.4. The quantitative estimate of drug-likeness (QED) is 0.351. The minimum atomic E-state index is -0.656. The van der Waals surface area contributed by atoms with Gasteiger partial charge in [-0.1, -0.05) is 24.3 Å². The molecule has 0 aliphatic carbocycles. The molecule has 0 spiro atoms. The smallest absolute Gasteiger partial charge is 0.337 e. The van der Waals surface area contributed by atoms with Crippen LogP contribution in [0.4, 0.5) is 11.4 Å². The Kier molecular flexibility index (Phi) is 5.65. The molecule has 0 radical (unpaired) electrons. The van der Waals surface area contributed by atoms with Crippen LogP contribution < -0.4 is 10.2 Å². The number of aryl methyl sites for hydroxylation is 2. The zero-order chi connectivity index (χ0) is 21.3. The summed E-state index contributed by atoms with van der Waals surface area (Å²) in [6.45, 7) is 5.75. The number of carbonyl (C=O) groups is 1. The van der Waals surface area contributed by atoms with Crippen molar-refractivity contribution in [2.75, 3.05) is 12.0 Å². The molecule has 0 amide bonds. The van der Waals surface area contributed by atoms with E-state index in [4.69, 9.17) is 17.0 Å². The first-order valence-corrected chi connectivity index (χ1v) is 9.36. The Balaban J connectivity index is 2.19. The maximum atomic E-state index is 12.7. The van der Waals surface area contributed by atoms with Gasteiger partial charge in [-0.3, -0.25) is 15.0 Å².